The number of ether oxygens (including phenoxy) is 2. The van der Waals surface area contributed by atoms with Gasteiger partial charge in [0.05, 0.1) is 14.2 Å². The van der Waals surface area contributed by atoms with Crippen LogP contribution in [0.25, 0.3) is 0 Å². The minimum atomic E-state index is 0.133. The van der Waals surface area contributed by atoms with E-state index >= 15 is 0 Å². The summed E-state index contributed by atoms with van der Waals surface area (Å²) in [7, 11) is 5.61. The van der Waals surface area contributed by atoms with E-state index in [1.54, 1.807) is 20.4 Å². The van der Waals surface area contributed by atoms with Crippen LogP contribution in [0.2, 0.25) is 0 Å². The van der Waals surface area contributed by atoms with Crippen LogP contribution in [0.3, 0.4) is 0 Å². The Morgan fingerprint density at radius 3 is 2.76 bits per heavy atom. The van der Waals surface area contributed by atoms with Gasteiger partial charge in [0, 0.05) is 29.8 Å². The molecular weight excluding hydrogens is 364 g/mol. The fourth-order valence-corrected chi connectivity index (χ4v) is 4.92. The van der Waals surface area contributed by atoms with E-state index in [4.69, 9.17) is 14.6 Å². The average Bonchev–Trinajstić information content (AvgIpc) is 3.10. The highest BCUT2D eigenvalue weighted by Crippen LogP contribution is 2.49. The van der Waals surface area contributed by atoms with E-state index in [0.717, 1.165) is 55.1 Å². The third kappa shape index (κ3) is 3.57. The van der Waals surface area contributed by atoms with Gasteiger partial charge in [0.2, 0.25) is 0 Å². The second kappa shape index (κ2) is 8.03. The number of nitrogens with zero attached hydrogens (tertiary/aromatic N) is 3. The second-order valence-corrected chi connectivity index (χ2v) is 8.14. The van der Waals surface area contributed by atoms with Crippen molar-refractivity contribution in [3.8, 4) is 11.5 Å². The first-order valence-corrected chi connectivity index (χ1v) is 10.2. The van der Waals surface area contributed by atoms with Gasteiger partial charge < -0.3 is 14.4 Å². The largest absolute Gasteiger partial charge is 0.493 e. The van der Waals surface area contributed by atoms with E-state index in [2.05, 4.69) is 34.5 Å². The SMILES string of the molecule is COc1ccc(C23CCC(=NNc4ncccc4C)CC2N(C)CC3)cc1OC. The van der Waals surface area contributed by atoms with Gasteiger partial charge in [-0.1, -0.05) is 12.1 Å². The molecule has 0 bridgehead atoms. The summed E-state index contributed by atoms with van der Waals surface area (Å²) in [5, 5.41) is 4.73. The molecule has 6 nitrogen and oxygen atoms in total. The Morgan fingerprint density at radius 2 is 2.00 bits per heavy atom. The van der Waals surface area contributed by atoms with Gasteiger partial charge in [-0.2, -0.15) is 5.10 Å². The first kappa shape index (κ1) is 19.7. The summed E-state index contributed by atoms with van der Waals surface area (Å²) in [6.45, 7) is 3.14. The van der Waals surface area contributed by atoms with Crippen molar-refractivity contribution in [3.63, 3.8) is 0 Å². The van der Waals surface area contributed by atoms with Gasteiger partial charge in [-0.15, -0.1) is 0 Å². The lowest BCUT2D eigenvalue weighted by Crippen LogP contribution is -2.46. The van der Waals surface area contributed by atoms with Crippen molar-refractivity contribution in [3.05, 3.63) is 47.7 Å². The van der Waals surface area contributed by atoms with Crippen LogP contribution in [0.5, 0.6) is 11.5 Å². The first-order valence-electron chi connectivity index (χ1n) is 10.2. The molecular formula is C23H30N4O2. The molecule has 154 valence electrons. The van der Waals surface area contributed by atoms with Gasteiger partial charge in [-0.3, -0.25) is 5.43 Å². The number of hydrogen-bond donors (Lipinski definition) is 1. The van der Waals surface area contributed by atoms with E-state index in [9.17, 15) is 0 Å². The second-order valence-electron chi connectivity index (χ2n) is 8.14. The number of aromatic nitrogens is 1. The fraction of sp³-hybridized carbons (Fsp3) is 0.478. The number of benzene rings is 1. The summed E-state index contributed by atoms with van der Waals surface area (Å²) in [4.78, 5) is 6.87. The zero-order valence-electron chi connectivity index (χ0n) is 17.7. The Balaban J connectivity index is 1.59. The molecule has 1 aliphatic carbocycles. The number of methoxy groups -OCH3 is 2. The van der Waals surface area contributed by atoms with E-state index < -0.39 is 0 Å². The molecule has 1 saturated carbocycles. The van der Waals surface area contributed by atoms with Crippen LogP contribution in [-0.2, 0) is 5.41 Å². The minimum absolute atomic E-state index is 0.133. The van der Waals surface area contributed by atoms with E-state index in [-0.39, 0.29) is 5.41 Å². The maximum absolute atomic E-state index is 5.58. The zero-order valence-corrected chi connectivity index (χ0v) is 17.7. The molecule has 2 atom stereocenters. The number of hydrazone groups is 1. The number of likely N-dealkylation sites (tertiary alicyclic amines) is 1. The maximum atomic E-state index is 5.58. The molecule has 2 heterocycles. The number of fused-ring (bicyclic) bond motifs is 1. The van der Waals surface area contributed by atoms with Crippen molar-refractivity contribution in [2.45, 2.75) is 44.1 Å². The molecule has 6 heteroatoms. The normalized spacial score (nSPS) is 25.7. The topological polar surface area (TPSA) is 59.0 Å². The summed E-state index contributed by atoms with van der Waals surface area (Å²) in [5.74, 6) is 2.42. The van der Waals surface area contributed by atoms with Crippen molar-refractivity contribution in [2.24, 2.45) is 5.10 Å². The minimum Gasteiger partial charge on any atom is -0.493 e. The molecule has 0 radical (unpaired) electrons. The Labute approximate surface area is 172 Å². The van der Waals surface area contributed by atoms with Gasteiger partial charge in [0.15, 0.2) is 11.5 Å². The summed E-state index contributed by atoms with van der Waals surface area (Å²) in [6.07, 6.45) is 5.98. The molecule has 1 saturated heterocycles. The van der Waals surface area contributed by atoms with Crippen LogP contribution < -0.4 is 14.9 Å². The maximum Gasteiger partial charge on any atom is 0.161 e. The highest BCUT2D eigenvalue weighted by Gasteiger charge is 2.49. The summed E-state index contributed by atoms with van der Waals surface area (Å²) >= 11 is 0. The number of pyridine rings is 1. The molecule has 0 spiro atoms. The summed E-state index contributed by atoms with van der Waals surface area (Å²) in [5.41, 5.74) is 6.98. The lowest BCUT2D eigenvalue weighted by atomic mass is 9.65. The van der Waals surface area contributed by atoms with Crippen LogP contribution in [0.4, 0.5) is 5.82 Å². The lowest BCUT2D eigenvalue weighted by molar-refractivity contribution is 0.226. The average molecular weight is 395 g/mol. The van der Waals surface area contributed by atoms with Crippen LogP contribution in [0, 0.1) is 6.92 Å². The van der Waals surface area contributed by atoms with E-state index in [0.29, 0.717) is 6.04 Å². The third-order valence-electron chi connectivity index (χ3n) is 6.66. The summed E-state index contributed by atoms with van der Waals surface area (Å²) < 4.78 is 11.0. The predicted octanol–water partition coefficient (Wildman–Crippen LogP) is 4.00. The highest BCUT2D eigenvalue weighted by atomic mass is 16.5. The van der Waals surface area contributed by atoms with Crippen LogP contribution in [0.1, 0.15) is 36.8 Å². The molecule has 1 aromatic heterocycles. The number of rotatable bonds is 5. The Bertz CT molecular complexity index is 914. The van der Waals surface area contributed by atoms with Crippen LogP contribution in [0.15, 0.2) is 41.6 Å². The third-order valence-corrected chi connectivity index (χ3v) is 6.66. The number of nitrogens with one attached hydrogen (secondary N) is 1. The predicted molar refractivity (Wildman–Crippen MR) is 116 cm³/mol. The number of likely N-dealkylation sites (N-methyl/N-ethyl adjacent to an activating group) is 1. The lowest BCUT2D eigenvalue weighted by Gasteiger charge is -2.42. The van der Waals surface area contributed by atoms with Crippen LogP contribution >= 0.6 is 0 Å². The van der Waals surface area contributed by atoms with Crippen LogP contribution in [-0.4, -0.2) is 49.4 Å². The molecule has 2 aliphatic rings. The highest BCUT2D eigenvalue weighted by molar-refractivity contribution is 5.87. The molecule has 1 aliphatic heterocycles. The molecule has 1 aromatic carbocycles. The number of aryl methyl sites for hydroxylation is 1. The molecule has 29 heavy (non-hydrogen) atoms. The molecule has 2 aromatic rings. The van der Waals surface area contributed by atoms with Gasteiger partial charge in [-0.25, -0.2) is 4.98 Å². The Kier molecular flexibility index (Phi) is 5.46. The van der Waals surface area contributed by atoms with Crippen molar-refractivity contribution in [1.29, 1.82) is 0 Å². The molecule has 2 fully saturated rings. The van der Waals surface area contributed by atoms with Gasteiger partial charge in [0.25, 0.3) is 0 Å². The molecule has 0 amide bonds. The van der Waals surface area contributed by atoms with Crippen molar-refractivity contribution in [1.82, 2.24) is 9.88 Å². The van der Waals surface area contributed by atoms with E-state index in [1.807, 2.05) is 25.1 Å². The standard InChI is InChI=1S/C23H30N4O2/c1-16-6-5-12-24-22(16)26-25-18-9-10-23(11-13-27(2)21(23)15-18)17-7-8-19(28-3)20(14-17)29-4/h5-8,12,14,21H,9-11,13,15H2,1-4H3,(H,24,26). The zero-order chi connectivity index (χ0) is 20.4. The monoisotopic (exact) mass is 394 g/mol. The first-order chi connectivity index (χ1) is 14.1. The van der Waals surface area contributed by atoms with Gasteiger partial charge in [-0.05, 0) is 69.1 Å². The molecule has 1 N–H and O–H groups in total. The number of anilines is 1. The quantitative estimate of drug-likeness (QED) is 0.777. The smallest absolute Gasteiger partial charge is 0.161 e. The van der Waals surface area contributed by atoms with Crippen molar-refractivity contribution in [2.75, 3.05) is 33.2 Å². The van der Waals surface area contributed by atoms with E-state index in [1.165, 1.54) is 11.3 Å². The molecule has 2 unspecified atom stereocenters. The summed E-state index contributed by atoms with van der Waals surface area (Å²) in [6, 6.07) is 10.8. The van der Waals surface area contributed by atoms with Gasteiger partial charge in [0.1, 0.15) is 5.82 Å². The van der Waals surface area contributed by atoms with Crippen molar-refractivity contribution < 1.29 is 9.47 Å². The number of hydrogen-bond acceptors (Lipinski definition) is 6. The Hall–Kier alpha value is -2.60. The van der Waals surface area contributed by atoms with Gasteiger partial charge >= 0.3 is 0 Å². The molecule has 4 rings (SSSR count). The van der Waals surface area contributed by atoms with Crippen molar-refractivity contribution >= 4 is 11.5 Å². The fourth-order valence-electron chi connectivity index (χ4n) is 4.92. The Morgan fingerprint density at radius 1 is 1.17 bits per heavy atom.